The third-order valence-corrected chi connectivity index (χ3v) is 8.30. The Hall–Kier alpha value is -2.38. The second-order valence-corrected chi connectivity index (χ2v) is 10.9. The summed E-state index contributed by atoms with van der Waals surface area (Å²) in [6.07, 6.45) is 1.16. The summed E-state index contributed by atoms with van der Waals surface area (Å²) in [5.41, 5.74) is -0.0829. The third kappa shape index (κ3) is 3.69. The molecule has 2 aliphatic heterocycles. The Morgan fingerprint density at radius 3 is 2.39 bits per heavy atom. The number of halogens is 4. The van der Waals surface area contributed by atoms with E-state index in [-0.39, 0.29) is 67.5 Å². The quantitative estimate of drug-likeness (QED) is 0.381. The van der Waals surface area contributed by atoms with Crippen molar-refractivity contribution in [2.45, 2.75) is 38.4 Å². The number of phenols is 1. The molecular weight excluding hydrogens is 550 g/mol. The van der Waals surface area contributed by atoms with Crippen LogP contribution in [0.25, 0.3) is 0 Å². The number of hydrogen-bond donors (Lipinski definition) is 2. The van der Waals surface area contributed by atoms with Crippen LogP contribution in [-0.2, 0) is 15.1 Å². The van der Waals surface area contributed by atoms with Crippen molar-refractivity contribution >= 4 is 58.2 Å². The number of Topliss-reactive ketones (excluding diaryl/α,β-unsaturated/α-hetero) is 1. The monoisotopic (exact) mass is 568 g/mol. The first-order valence-corrected chi connectivity index (χ1v) is 12.7. The molecule has 1 spiro atoms. The number of aliphatic hydroxyl groups is 1. The first-order valence-electron chi connectivity index (χ1n) is 11.2. The number of benzene rings is 2. The molecule has 0 fully saturated rings. The van der Waals surface area contributed by atoms with E-state index in [1.807, 2.05) is 0 Å². The maximum absolute atomic E-state index is 13.1. The Kier molecular flexibility index (Phi) is 6.23. The number of aliphatic hydroxyl groups excluding tert-OH is 1. The van der Waals surface area contributed by atoms with Crippen molar-refractivity contribution < 1.29 is 29.3 Å². The van der Waals surface area contributed by atoms with Crippen molar-refractivity contribution in [3.63, 3.8) is 0 Å². The fourth-order valence-corrected chi connectivity index (χ4v) is 5.80. The Morgan fingerprint density at radius 1 is 1.03 bits per heavy atom. The number of allylic oxidation sites excluding steroid dienone is 1. The Labute approximate surface area is 227 Å². The van der Waals surface area contributed by atoms with Crippen LogP contribution < -0.4 is 4.74 Å². The van der Waals surface area contributed by atoms with Crippen LogP contribution in [0.5, 0.6) is 11.5 Å². The van der Waals surface area contributed by atoms with Gasteiger partial charge in [0, 0.05) is 29.5 Å². The molecule has 2 aromatic rings. The third-order valence-electron chi connectivity index (χ3n) is 6.88. The summed E-state index contributed by atoms with van der Waals surface area (Å²) in [5, 5.41) is 21.6. The lowest BCUT2D eigenvalue weighted by Gasteiger charge is -2.46. The molecule has 0 amide bonds. The van der Waals surface area contributed by atoms with Gasteiger partial charge in [-0.25, -0.2) is 4.79 Å². The molecule has 188 valence electrons. The minimum Gasteiger partial charge on any atom is -0.506 e. The smallest absolute Gasteiger partial charge is 0.339 e. The molecule has 0 bridgehead atoms. The van der Waals surface area contributed by atoms with E-state index in [2.05, 4.69) is 0 Å². The van der Waals surface area contributed by atoms with Crippen LogP contribution in [0.2, 0.25) is 15.1 Å². The summed E-state index contributed by atoms with van der Waals surface area (Å²) in [5.74, 6) is -1.81. The van der Waals surface area contributed by atoms with Gasteiger partial charge in [0.15, 0.2) is 5.60 Å². The summed E-state index contributed by atoms with van der Waals surface area (Å²) in [6.45, 7) is 3.61. The number of ketones is 1. The van der Waals surface area contributed by atoms with Gasteiger partial charge in [-0.05, 0) is 30.2 Å². The predicted octanol–water partition coefficient (Wildman–Crippen LogP) is 7.10. The van der Waals surface area contributed by atoms with Crippen molar-refractivity contribution in [2.24, 2.45) is 11.8 Å². The number of aromatic hydroxyl groups is 1. The fraction of sp³-hybridized carbons (Fsp3) is 0.308. The van der Waals surface area contributed by atoms with E-state index in [1.165, 1.54) is 18.2 Å². The average Bonchev–Trinajstić information content (AvgIpc) is 3.09. The number of hydrogen-bond acceptors (Lipinski definition) is 6. The number of phenolic OH excluding ortho intramolecular Hbond substituents is 1. The largest absolute Gasteiger partial charge is 0.506 e. The van der Waals surface area contributed by atoms with E-state index in [4.69, 9.17) is 55.9 Å². The zero-order valence-electron chi connectivity index (χ0n) is 19.1. The van der Waals surface area contributed by atoms with Gasteiger partial charge in [-0.1, -0.05) is 66.3 Å². The van der Waals surface area contributed by atoms with Crippen molar-refractivity contribution in [2.75, 3.05) is 0 Å². The topological polar surface area (TPSA) is 93.1 Å². The van der Waals surface area contributed by atoms with Crippen LogP contribution in [-0.4, -0.2) is 28.1 Å². The SMILES string of the molecule is CC(C)C(=O)CCC1=CC2C(Oc3cc(O)c(Cl)cc3C23OC(=O)c2cc(Cl)c(Cl)cc23)C(Cl)=C1O. The van der Waals surface area contributed by atoms with Crippen LogP contribution in [0.15, 0.2) is 46.7 Å². The first kappa shape index (κ1) is 25.3. The number of esters is 1. The number of rotatable bonds is 4. The van der Waals surface area contributed by atoms with Crippen molar-refractivity contribution in [1.82, 2.24) is 0 Å². The number of carbonyl (C=O) groups is 2. The molecule has 2 N–H and O–H groups in total. The molecule has 3 atom stereocenters. The Morgan fingerprint density at radius 2 is 1.69 bits per heavy atom. The molecule has 3 unspecified atom stereocenters. The van der Waals surface area contributed by atoms with Gasteiger partial charge in [0.2, 0.25) is 0 Å². The van der Waals surface area contributed by atoms with Crippen LogP contribution in [0.4, 0.5) is 0 Å². The van der Waals surface area contributed by atoms with E-state index in [1.54, 1.807) is 26.0 Å². The van der Waals surface area contributed by atoms with Crippen LogP contribution in [0.3, 0.4) is 0 Å². The fourth-order valence-electron chi connectivity index (χ4n) is 5.01. The standard InChI is InChI=1S/C26H20Cl4O6/c1-10(2)19(31)4-3-11-5-15-24(22(30)23(11)33)35-21-9-20(32)18(29)8-14(21)26(15)13-7-17(28)16(27)6-12(13)25(34)36-26/h5-10,15,24,32-33H,3-4H2,1-2H3. The first-order chi connectivity index (χ1) is 17.0. The van der Waals surface area contributed by atoms with E-state index in [0.29, 0.717) is 16.7 Å². The average molecular weight is 570 g/mol. The molecule has 0 aromatic heterocycles. The van der Waals surface area contributed by atoms with Crippen LogP contribution >= 0.6 is 46.4 Å². The number of fused-ring (bicyclic) bond motifs is 6. The van der Waals surface area contributed by atoms with E-state index in [9.17, 15) is 19.8 Å². The highest BCUT2D eigenvalue weighted by atomic mass is 35.5. The Balaban J connectivity index is 1.75. The van der Waals surface area contributed by atoms with Crippen molar-refractivity contribution in [1.29, 1.82) is 0 Å². The summed E-state index contributed by atoms with van der Waals surface area (Å²) in [4.78, 5) is 25.4. The van der Waals surface area contributed by atoms with Gasteiger partial charge in [0.25, 0.3) is 0 Å². The second-order valence-electron chi connectivity index (χ2n) is 9.31. The maximum atomic E-state index is 13.1. The van der Waals surface area contributed by atoms with E-state index < -0.39 is 23.6 Å². The molecule has 2 heterocycles. The highest BCUT2D eigenvalue weighted by Gasteiger charge is 2.60. The molecule has 0 saturated heterocycles. The zero-order valence-corrected chi connectivity index (χ0v) is 22.1. The minimum atomic E-state index is -1.51. The molecule has 10 heteroatoms. The number of ether oxygens (including phenoxy) is 2. The van der Waals surface area contributed by atoms with Crippen molar-refractivity contribution in [3.05, 3.63) is 78.5 Å². The molecular formula is C26H20Cl4O6. The predicted molar refractivity (Wildman–Crippen MR) is 136 cm³/mol. The lowest BCUT2D eigenvalue weighted by atomic mass is 9.69. The van der Waals surface area contributed by atoms with E-state index in [0.717, 1.165) is 0 Å². The minimum absolute atomic E-state index is 0.0153. The van der Waals surface area contributed by atoms with Gasteiger partial charge in [0.05, 0.1) is 26.5 Å². The van der Waals surface area contributed by atoms with E-state index >= 15 is 0 Å². The summed E-state index contributed by atoms with van der Waals surface area (Å²) < 4.78 is 12.2. The van der Waals surface area contributed by atoms with Crippen LogP contribution in [0.1, 0.15) is 48.2 Å². The molecule has 0 radical (unpaired) electrons. The summed E-state index contributed by atoms with van der Waals surface area (Å²) >= 11 is 25.5. The molecule has 3 aliphatic rings. The van der Waals surface area contributed by atoms with Gasteiger partial charge in [-0.3, -0.25) is 4.79 Å². The molecule has 0 saturated carbocycles. The van der Waals surface area contributed by atoms with Crippen LogP contribution in [0, 0.1) is 11.8 Å². The van der Waals surface area contributed by atoms with Gasteiger partial charge in [-0.2, -0.15) is 0 Å². The lowest BCUT2D eigenvalue weighted by Crippen LogP contribution is -2.50. The summed E-state index contributed by atoms with van der Waals surface area (Å²) in [7, 11) is 0. The molecule has 5 rings (SSSR count). The summed E-state index contributed by atoms with van der Waals surface area (Å²) in [6, 6.07) is 5.76. The molecule has 36 heavy (non-hydrogen) atoms. The molecule has 1 aliphatic carbocycles. The van der Waals surface area contributed by atoms with Crippen molar-refractivity contribution in [3.8, 4) is 11.5 Å². The van der Waals surface area contributed by atoms with Gasteiger partial charge >= 0.3 is 5.97 Å². The highest BCUT2D eigenvalue weighted by molar-refractivity contribution is 6.42. The second kappa shape index (κ2) is 8.88. The lowest BCUT2D eigenvalue weighted by molar-refractivity contribution is -0.121. The molecule has 6 nitrogen and oxygen atoms in total. The van der Waals surface area contributed by atoms with Gasteiger partial charge in [-0.15, -0.1) is 0 Å². The van der Waals surface area contributed by atoms with Gasteiger partial charge in [0.1, 0.15) is 34.2 Å². The maximum Gasteiger partial charge on any atom is 0.339 e. The Bertz CT molecular complexity index is 1400. The zero-order chi connectivity index (χ0) is 26.1. The van der Waals surface area contributed by atoms with Gasteiger partial charge < -0.3 is 19.7 Å². The normalized spacial score (nSPS) is 24.2. The molecule has 2 aromatic carbocycles. The number of carbonyl (C=O) groups excluding carboxylic acids is 2. The highest BCUT2D eigenvalue weighted by Crippen LogP contribution is 2.59.